The zero-order chi connectivity index (χ0) is 19.1. The fourth-order valence-corrected chi connectivity index (χ4v) is 3.68. The fraction of sp³-hybridized carbons (Fsp3) is 0.348. The number of H-pyrrole nitrogens is 1. The van der Waals surface area contributed by atoms with Gasteiger partial charge in [-0.3, -0.25) is 9.69 Å². The minimum absolute atomic E-state index is 0.105. The second-order valence-electron chi connectivity index (χ2n) is 6.81. The zero-order valence-corrected chi connectivity index (χ0v) is 16.2. The Morgan fingerprint density at radius 2 is 1.74 bits per heavy atom. The number of rotatable bonds is 9. The Morgan fingerprint density at radius 1 is 1.04 bits per heavy atom. The molecule has 0 spiro atoms. The number of aryl methyl sites for hydroxylation is 1. The predicted molar refractivity (Wildman–Crippen MR) is 112 cm³/mol. The summed E-state index contributed by atoms with van der Waals surface area (Å²) in [6.07, 6.45) is 3.26. The predicted octanol–water partition coefficient (Wildman–Crippen LogP) is 4.30. The van der Waals surface area contributed by atoms with Crippen molar-refractivity contribution in [2.75, 3.05) is 19.6 Å². The number of carbonyl (C=O) groups excluding carboxylic acids is 1. The van der Waals surface area contributed by atoms with Crippen molar-refractivity contribution in [1.29, 1.82) is 0 Å². The monoisotopic (exact) mass is 363 g/mol. The molecule has 0 aliphatic carbocycles. The SMILES string of the molecule is CCN(CC)C(CNC(=O)CCc1c[nH]c2ccccc12)c1ccccc1. The Kier molecular flexibility index (Phi) is 6.66. The molecule has 3 rings (SSSR count). The molecule has 0 saturated heterocycles. The maximum absolute atomic E-state index is 12.5. The van der Waals surface area contributed by atoms with Crippen LogP contribution in [0, 0.1) is 0 Å². The van der Waals surface area contributed by atoms with Gasteiger partial charge in [0.05, 0.1) is 6.04 Å². The molecule has 0 aliphatic heterocycles. The molecule has 2 aromatic carbocycles. The quantitative estimate of drug-likeness (QED) is 0.595. The average molecular weight is 364 g/mol. The number of nitrogens with one attached hydrogen (secondary N) is 2. The summed E-state index contributed by atoms with van der Waals surface area (Å²) in [6, 6.07) is 18.9. The van der Waals surface area contributed by atoms with Gasteiger partial charge < -0.3 is 10.3 Å². The van der Waals surface area contributed by atoms with Crippen molar-refractivity contribution >= 4 is 16.8 Å². The minimum atomic E-state index is 0.105. The summed E-state index contributed by atoms with van der Waals surface area (Å²) in [4.78, 5) is 18.1. The molecule has 0 aliphatic rings. The number of hydrogen-bond donors (Lipinski definition) is 2. The van der Waals surface area contributed by atoms with Crippen LogP contribution < -0.4 is 5.32 Å². The topological polar surface area (TPSA) is 48.1 Å². The van der Waals surface area contributed by atoms with Gasteiger partial charge >= 0.3 is 0 Å². The Hall–Kier alpha value is -2.59. The van der Waals surface area contributed by atoms with E-state index in [0.29, 0.717) is 13.0 Å². The average Bonchev–Trinajstić information content (AvgIpc) is 3.13. The second-order valence-corrected chi connectivity index (χ2v) is 6.81. The third kappa shape index (κ3) is 4.77. The van der Waals surface area contributed by atoms with Crippen molar-refractivity contribution in [3.8, 4) is 0 Å². The molecule has 142 valence electrons. The number of likely N-dealkylation sites (N-methyl/N-ethyl adjacent to an activating group) is 1. The van der Waals surface area contributed by atoms with Crippen LogP contribution in [-0.4, -0.2) is 35.4 Å². The van der Waals surface area contributed by atoms with E-state index in [1.54, 1.807) is 0 Å². The largest absolute Gasteiger partial charge is 0.361 e. The lowest BCUT2D eigenvalue weighted by molar-refractivity contribution is -0.121. The van der Waals surface area contributed by atoms with E-state index in [1.165, 1.54) is 16.5 Å². The maximum atomic E-state index is 12.5. The van der Waals surface area contributed by atoms with Gasteiger partial charge in [0.2, 0.25) is 5.91 Å². The lowest BCUT2D eigenvalue weighted by Gasteiger charge is -2.30. The molecule has 0 saturated carbocycles. The number of aromatic amines is 1. The highest BCUT2D eigenvalue weighted by Crippen LogP contribution is 2.20. The number of fused-ring (bicyclic) bond motifs is 1. The van der Waals surface area contributed by atoms with Crippen molar-refractivity contribution in [1.82, 2.24) is 15.2 Å². The highest BCUT2D eigenvalue weighted by molar-refractivity contribution is 5.84. The number of aromatic nitrogens is 1. The molecule has 1 aromatic heterocycles. The summed E-state index contributed by atoms with van der Waals surface area (Å²) in [5.74, 6) is 0.105. The number of amides is 1. The molecule has 1 unspecified atom stereocenters. The Balaban J connectivity index is 1.59. The molecule has 4 heteroatoms. The summed E-state index contributed by atoms with van der Waals surface area (Å²) >= 11 is 0. The lowest BCUT2D eigenvalue weighted by Crippen LogP contribution is -2.38. The van der Waals surface area contributed by atoms with Gasteiger partial charge in [-0.1, -0.05) is 62.4 Å². The van der Waals surface area contributed by atoms with Gasteiger partial charge in [0, 0.05) is 30.1 Å². The Morgan fingerprint density at radius 3 is 2.48 bits per heavy atom. The van der Waals surface area contributed by atoms with E-state index in [4.69, 9.17) is 0 Å². The van der Waals surface area contributed by atoms with E-state index >= 15 is 0 Å². The van der Waals surface area contributed by atoms with Crippen LogP contribution in [0.1, 0.15) is 37.4 Å². The number of benzene rings is 2. The van der Waals surface area contributed by atoms with Crippen molar-refractivity contribution < 1.29 is 4.79 Å². The van der Waals surface area contributed by atoms with Crippen LogP contribution in [0.4, 0.5) is 0 Å². The maximum Gasteiger partial charge on any atom is 0.220 e. The van der Waals surface area contributed by atoms with Crippen LogP contribution in [-0.2, 0) is 11.2 Å². The first-order valence-electron chi connectivity index (χ1n) is 9.83. The van der Waals surface area contributed by atoms with Gasteiger partial charge in [-0.05, 0) is 36.7 Å². The summed E-state index contributed by atoms with van der Waals surface area (Å²) in [7, 11) is 0. The van der Waals surface area contributed by atoms with E-state index in [0.717, 1.165) is 25.0 Å². The summed E-state index contributed by atoms with van der Waals surface area (Å²) in [5, 5.41) is 4.35. The lowest BCUT2D eigenvalue weighted by atomic mass is 10.0. The van der Waals surface area contributed by atoms with Gasteiger partial charge in [0.25, 0.3) is 0 Å². The molecule has 27 heavy (non-hydrogen) atoms. The molecule has 0 fully saturated rings. The molecule has 2 N–H and O–H groups in total. The van der Waals surface area contributed by atoms with E-state index in [9.17, 15) is 4.79 Å². The van der Waals surface area contributed by atoms with Gasteiger partial charge in [0.1, 0.15) is 0 Å². The number of nitrogens with zero attached hydrogens (tertiary/aromatic N) is 1. The zero-order valence-electron chi connectivity index (χ0n) is 16.2. The molecule has 0 bridgehead atoms. The van der Waals surface area contributed by atoms with Crippen molar-refractivity contribution in [3.05, 3.63) is 71.9 Å². The first-order chi connectivity index (χ1) is 13.2. The summed E-state index contributed by atoms with van der Waals surface area (Å²) in [6.45, 7) is 6.89. The summed E-state index contributed by atoms with van der Waals surface area (Å²) in [5.41, 5.74) is 3.57. The molecule has 3 aromatic rings. The minimum Gasteiger partial charge on any atom is -0.361 e. The first kappa shape index (κ1) is 19.2. The van der Waals surface area contributed by atoms with Crippen LogP contribution in [0.2, 0.25) is 0 Å². The van der Waals surface area contributed by atoms with Crippen LogP contribution in [0.15, 0.2) is 60.8 Å². The standard InChI is InChI=1S/C23H29N3O/c1-3-26(4-2)22(18-10-6-5-7-11-18)17-25-23(27)15-14-19-16-24-21-13-9-8-12-20(19)21/h5-13,16,22,24H,3-4,14-15,17H2,1-2H3,(H,25,27). The molecule has 0 radical (unpaired) electrons. The molecular weight excluding hydrogens is 334 g/mol. The van der Waals surface area contributed by atoms with Crippen molar-refractivity contribution in [3.63, 3.8) is 0 Å². The second kappa shape index (κ2) is 9.38. The van der Waals surface area contributed by atoms with Gasteiger partial charge in [-0.2, -0.15) is 0 Å². The first-order valence-corrected chi connectivity index (χ1v) is 9.83. The molecule has 1 heterocycles. The van der Waals surface area contributed by atoms with Gasteiger partial charge in [-0.25, -0.2) is 0 Å². The van der Waals surface area contributed by atoms with E-state index < -0.39 is 0 Å². The van der Waals surface area contributed by atoms with Crippen LogP contribution in [0.3, 0.4) is 0 Å². The highest BCUT2D eigenvalue weighted by Gasteiger charge is 2.18. The number of carbonyl (C=O) groups is 1. The van der Waals surface area contributed by atoms with Gasteiger partial charge in [0.15, 0.2) is 0 Å². The number of hydrogen-bond acceptors (Lipinski definition) is 2. The Bertz CT molecular complexity index is 852. The van der Waals surface area contributed by atoms with Crippen molar-refractivity contribution in [2.24, 2.45) is 0 Å². The van der Waals surface area contributed by atoms with E-state index in [1.807, 2.05) is 24.4 Å². The molecule has 1 atom stereocenters. The normalized spacial score (nSPS) is 12.4. The third-order valence-electron chi connectivity index (χ3n) is 5.23. The molecule has 4 nitrogen and oxygen atoms in total. The Labute approximate surface area is 161 Å². The van der Waals surface area contributed by atoms with Crippen LogP contribution in [0.5, 0.6) is 0 Å². The summed E-state index contributed by atoms with van der Waals surface area (Å²) < 4.78 is 0. The van der Waals surface area contributed by atoms with E-state index in [2.05, 4.69) is 65.4 Å². The van der Waals surface area contributed by atoms with Crippen LogP contribution >= 0.6 is 0 Å². The fourth-order valence-electron chi connectivity index (χ4n) is 3.68. The molecule has 1 amide bonds. The van der Waals surface area contributed by atoms with Crippen LogP contribution in [0.25, 0.3) is 10.9 Å². The van der Waals surface area contributed by atoms with Gasteiger partial charge in [-0.15, -0.1) is 0 Å². The van der Waals surface area contributed by atoms with E-state index in [-0.39, 0.29) is 11.9 Å². The van der Waals surface area contributed by atoms with Crippen molar-refractivity contribution in [2.45, 2.75) is 32.7 Å². The number of para-hydroxylation sites is 1. The highest BCUT2D eigenvalue weighted by atomic mass is 16.1. The third-order valence-corrected chi connectivity index (χ3v) is 5.23. The molecular formula is C23H29N3O. The smallest absolute Gasteiger partial charge is 0.220 e.